The molecule has 8 nitrogen and oxygen atoms in total. The van der Waals surface area contributed by atoms with E-state index in [1.165, 1.54) is 11.0 Å². The third-order valence-corrected chi connectivity index (χ3v) is 6.62. The minimum absolute atomic E-state index is 0.00690. The zero-order valence-corrected chi connectivity index (χ0v) is 13.6. The van der Waals surface area contributed by atoms with Crippen LogP contribution in [0, 0.1) is 0 Å². The van der Waals surface area contributed by atoms with Crippen LogP contribution in [0.25, 0.3) is 5.69 Å². The molecule has 9 heteroatoms. The maximum absolute atomic E-state index is 12.6. The molecule has 1 fully saturated rings. The predicted molar refractivity (Wildman–Crippen MR) is 82.9 cm³/mol. The molecule has 1 aromatic carbocycles. The molecule has 1 aliphatic rings. The lowest BCUT2D eigenvalue weighted by Gasteiger charge is -2.37. The lowest BCUT2D eigenvalue weighted by Crippen LogP contribution is -2.54. The molecule has 2 heterocycles. The van der Waals surface area contributed by atoms with E-state index in [0.29, 0.717) is 5.56 Å². The number of hydrogen-bond donors (Lipinski definition) is 0. The molecule has 1 aliphatic heterocycles. The van der Waals surface area contributed by atoms with Gasteiger partial charge in [0.15, 0.2) is 9.84 Å². The van der Waals surface area contributed by atoms with Crippen LogP contribution >= 0.6 is 0 Å². The number of aromatic nitrogens is 4. The second-order valence-corrected chi connectivity index (χ2v) is 8.09. The normalized spacial score (nSPS) is 23.7. The monoisotopic (exact) mass is 335 g/mol. The Bertz CT molecular complexity index is 801. The third-order valence-electron chi connectivity index (χ3n) is 4.34. The van der Waals surface area contributed by atoms with Crippen LogP contribution in [0.3, 0.4) is 0 Å². The SMILES string of the molecule is CC1C(C)S(=O)(=O)CCN1C(=O)c1ccc(-n2cnnn2)cc1. The zero-order valence-electron chi connectivity index (χ0n) is 12.8. The van der Waals surface area contributed by atoms with Gasteiger partial charge in [-0.1, -0.05) is 0 Å². The van der Waals surface area contributed by atoms with Crippen molar-refractivity contribution in [1.29, 1.82) is 0 Å². The average Bonchev–Trinajstić information content (AvgIpc) is 3.07. The summed E-state index contributed by atoms with van der Waals surface area (Å²) in [5.41, 5.74) is 1.26. The molecule has 0 N–H and O–H groups in total. The van der Waals surface area contributed by atoms with Gasteiger partial charge in [-0.25, -0.2) is 13.1 Å². The quantitative estimate of drug-likeness (QED) is 0.783. The van der Waals surface area contributed by atoms with Gasteiger partial charge in [-0.3, -0.25) is 4.79 Å². The molecule has 2 atom stereocenters. The zero-order chi connectivity index (χ0) is 16.6. The topological polar surface area (TPSA) is 98.1 Å². The van der Waals surface area contributed by atoms with E-state index in [-0.39, 0.29) is 24.2 Å². The van der Waals surface area contributed by atoms with Crippen LogP contribution in [0.5, 0.6) is 0 Å². The first kappa shape index (κ1) is 15.6. The summed E-state index contributed by atoms with van der Waals surface area (Å²) >= 11 is 0. The largest absolute Gasteiger partial charge is 0.334 e. The van der Waals surface area contributed by atoms with Gasteiger partial charge < -0.3 is 4.90 Å². The summed E-state index contributed by atoms with van der Waals surface area (Å²) in [6.07, 6.45) is 1.47. The summed E-state index contributed by atoms with van der Waals surface area (Å²) in [5.74, 6) is -0.157. The van der Waals surface area contributed by atoms with Crippen LogP contribution in [0.1, 0.15) is 24.2 Å². The smallest absolute Gasteiger partial charge is 0.254 e. The van der Waals surface area contributed by atoms with Gasteiger partial charge in [0.1, 0.15) is 6.33 Å². The molecule has 23 heavy (non-hydrogen) atoms. The van der Waals surface area contributed by atoms with Gasteiger partial charge in [0.2, 0.25) is 0 Å². The predicted octanol–water partition coefficient (Wildman–Crippen LogP) is 0.310. The maximum atomic E-state index is 12.6. The minimum atomic E-state index is -3.11. The summed E-state index contributed by atoms with van der Waals surface area (Å²) in [6, 6.07) is 6.54. The lowest BCUT2D eigenvalue weighted by molar-refractivity contribution is 0.0693. The Balaban J connectivity index is 1.81. The van der Waals surface area contributed by atoms with Crippen LogP contribution in [0.15, 0.2) is 30.6 Å². The van der Waals surface area contributed by atoms with Crippen molar-refractivity contribution in [2.24, 2.45) is 0 Å². The minimum Gasteiger partial charge on any atom is -0.334 e. The standard InChI is InChI=1S/C14H17N5O3S/c1-10-11(2)23(21,22)8-7-18(10)14(20)12-3-5-13(6-4-12)19-9-15-16-17-19/h3-6,9-11H,7-8H2,1-2H3. The van der Waals surface area contributed by atoms with Crippen molar-refractivity contribution in [3.63, 3.8) is 0 Å². The highest BCUT2D eigenvalue weighted by Crippen LogP contribution is 2.21. The Morgan fingerprint density at radius 1 is 1.22 bits per heavy atom. The number of nitrogens with zero attached hydrogens (tertiary/aromatic N) is 5. The first-order chi connectivity index (χ1) is 10.9. The fraction of sp³-hybridized carbons (Fsp3) is 0.429. The Hall–Kier alpha value is -2.29. The van der Waals surface area contributed by atoms with E-state index in [0.717, 1.165) is 5.69 Å². The molecular weight excluding hydrogens is 318 g/mol. The van der Waals surface area contributed by atoms with E-state index >= 15 is 0 Å². The van der Waals surface area contributed by atoms with Crippen molar-refractivity contribution in [2.45, 2.75) is 25.1 Å². The number of carbonyl (C=O) groups is 1. The van der Waals surface area contributed by atoms with Crippen LogP contribution in [-0.4, -0.2) is 63.0 Å². The molecule has 122 valence electrons. The molecular formula is C14H17N5O3S. The van der Waals surface area contributed by atoms with E-state index in [1.807, 2.05) is 0 Å². The summed E-state index contributed by atoms with van der Waals surface area (Å²) in [4.78, 5) is 14.3. The second kappa shape index (κ2) is 5.73. The number of sulfone groups is 1. The van der Waals surface area contributed by atoms with E-state index in [9.17, 15) is 13.2 Å². The molecule has 0 radical (unpaired) electrons. The molecule has 0 spiro atoms. The third kappa shape index (κ3) is 2.83. The van der Waals surface area contributed by atoms with Crippen molar-refractivity contribution in [1.82, 2.24) is 25.1 Å². The number of carbonyl (C=O) groups excluding carboxylic acids is 1. The number of benzene rings is 1. The van der Waals surface area contributed by atoms with Gasteiger partial charge in [0.25, 0.3) is 5.91 Å². The first-order valence-corrected chi connectivity index (χ1v) is 8.97. The number of rotatable bonds is 2. The van der Waals surface area contributed by atoms with Crippen LogP contribution in [0.2, 0.25) is 0 Å². The maximum Gasteiger partial charge on any atom is 0.254 e. The highest BCUT2D eigenvalue weighted by atomic mass is 32.2. The fourth-order valence-corrected chi connectivity index (χ4v) is 4.23. The van der Waals surface area contributed by atoms with Gasteiger partial charge >= 0.3 is 0 Å². The summed E-state index contributed by atoms with van der Waals surface area (Å²) < 4.78 is 25.3. The van der Waals surface area contributed by atoms with Gasteiger partial charge in [0.05, 0.1) is 16.7 Å². The van der Waals surface area contributed by atoms with Crippen molar-refractivity contribution in [3.05, 3.63) is 36.2 Å². The lowest BCUT2D eigenvalue weighted by atomic mass is 10.1. The van der Waals surface area contributed by atoms with E-state index < -0.39 is 15.1 Å². The first-order valence-electron chi connectivity index (χ1n) is 7.26. The fourth-order valence-electron chi connectivity index (χ4n) is 2.66. The highest BCUT2D eigenvalue weighted by molar-refractivity contribution is 7.92. The van der Waals surface area contributed by atoms with Crippen LogP contribution < -0.4 is 0 Å². The van der Waals surface area contributed by atoms with Gasteiger partial charge in [-0.2, -0.15) is 0 Å². The Morgan fingerprint density at radius 2 is 1.91 bits per heavy atom. The molecule has 3 rings (SSSR count). The average molecular weight is 335 g/mol. The molecule has 1 saturated heterocycles. The Kier molecular flexibility index (Phi) is 3.88. The van der Waals surface area contributed by atoms with Crippen molar-refractivity contribution >= 4 is 15.7 Å². The highest BCUT2D eigenvalue weighted by Gasteiger charge is 2.38. The Morgan fingerprint density at radius 3 is 2.52 bits per heavy atom. The molecule has 0 saturated carbocycles. The van der Waals surface area contributed by atoms with Crippen molar-refractivity contribution in [3.8, 4) is 5.69 Å². The number of tetrazole rings is 1. The summed E-state index contributed by atoms with van der Waals surface area (Å²) in [5, 5.41) is 10.4. The van der Waals surface area contributed by atoms with E-state index in [2.05, 4.69) is 15.5 Å². The van der Waals surface area contributed by atoms with Gasteiger partial charge in [-0.15, -0.1) is 5.10 Å². The Labute approximate surface area is 134 Å². The summed E-state index contributed by atoms with van der Waals surface area (Å²) in [7, 11) is -3.11. The molecule has 1 aromatic heterocycles. The van der Waals surface area contributed by atoms with Gasteiger partial charge in [-0.05, 0) is 48.5 Å². The molecule has 0 aliphatic carbocycles. The molecule has 1 amide bonds. The molecule has 2 aromatic rings. The number of amides is 1. The van der Waals surface area contributed by atoms with E-state index in [4.69, 9.17) is 0 Å². The van der Waals surface area contributed by atoms with Crippen LogP contribution in [0.4, 0.5) is 0 Å². The van der Waals surface area contributed by atoms with Crippen molar-refractivity contribution in [2.75, 3.05) is 12.3 Å². The molecule has 2 unspecified atom stereocenters. The van der Waals surface area contributed by atoms with Crippen LogP contribution in [-0.2, 0) is 9.84 Å². The van der Waals surface area contributed by atoms with E-state index in [1.54, 1.807) is 43.0 Å². The summed E-state index contributed by atoms with van der Waals surface area (Å²) in [6.45, 7) is 3.65. The molecule has 0 bridgehead atoms. The number of hydrogen-bond acceptors (Lipinski definition) is 6. The van der Waals surface area contributed by atoms with Gasteiger partial charge in [0, 0.05) is 18.2 Å². The second-order valence-electron chi connectivity index (χ2n) is 5.61. The van der Waals surface area contributed by atoms with Crippen molar-refractivity contribution < 1.29 is 13.2 Å².